The first-order valence-corrected chi connectivity index (χ1v) is 10.3. The van der Waals surface area contributed by atoms with Gasteiger partial charge in [0.15, 0.2) is 5.96 Å². The Bertz CT molecular complexity index is 833. The highest BCUT2D eigenvalue weighted by atomic mass is 35.5. The lowest BCUT2D eigenvalue weighted by Gasteiger charge is -2.25. The van der Waals surface area contributed by atoms with E-state index in [1.807, 2.05) is 41.3 Å². The van der Waals surface area contributed by atoms with Crippen molar-refractivity contribution < 1.29 is 0 Å². The van der Waals surface area contributed by atoms with E-state index in [9.17, 15) is 0 Å². The third-order valence-corrected chi connectivity index (χ3v) is 5.55. The van der Waals surface area contributed by atoms with Crippen molar-refractivity contribution in [1.29, 1.82) is 0 Å². The first kappa shape index (κ1) is 19.0. The van der Waals surface area contributed by atoms with Gasteiger partial charge >= 0.3 is 0 Å². The fraction of sp³-hybridized carbons (Fsp3) is 0.429. The van der Waals surface area contributed by atoms with Crippen LogP contribution in [-0.2, 0) is 6.54 Å². The number of rotatable bonds is 5. The van der Waals surface area contributed by atoms with E-state index in [0.717, 1.165) is 55.0 Å². The largest absolute Gasteiger partial charge is 0.357 e. The molecule has 1 saturated heterocycles. The monoisotopic (exact) mass is 398 g/mol. The predicted octanol–water partition coefficient (Wildman–Crippen LogP) is 2.94. The van der Waals surface area contributed by atoms with Gasteiger partial charge in [-0.1, -0.05) is 23.8 Å². The highest BCUT2D eigenvalue weighted by Crippen LogP contribution is 2.18. The van der Waals surface area contributed by atoms with Gasteiger partial charge in [-0.05, 0) is 37.6 Å². The molecular formula is C21H27ClN6. The second kappa shape index (κ2) is 8.80. The molecule has 0 amide bonds. The van der Waals surface area contributed by atoms with Gasteiger partial charge in [0.25, 0.3) is 0 Å². The van der Waals surface area contributed by atoms with Gasteiger partial charge in [0.05, 0.1) is 18.4 Å². The Morgan fingerprint density at radius 3 is 2.79 bits per heavy atom. The summed E-state index contributed by atoms with van der Waals surface area (Å²) in [4.78, 5) is 9.80. The second-order valence-electron chi connectivity index (χ2n) is 7.25. The number of benzene rings is 1. The maximum Gasteiger partial charge on any atom is 0.194 e. The third kappa shape index (κ3) is 4.39. The summed E-state index contributed by atoms with van der Waals surface area (Å²) in [5.74, 6) is 0.997. The summed E-state index contributed by atoms with van der Waals surface area (Å²) in [6.07, 6.45) is 9.63. The molecular weight excluding hydrogens is 372 g/mol. The van der Waals surface area contributed by atoms with Crippen molar-refractivity contribution in [2.75, 3.05) is 32.7 Å². The first-order chi connectivity index (χ1) is 13.7. The molecule has 0 aliphatic carbocycles. The number of guanidine groups is 1. The highest BCUT2D eigenvalue weighted by molar-refractivity contribution is 6.30. The molecule has 0 saturated carbocycles. The zero-order chi connectivity index (χ0) is 19.3. The number of hydrogen-bond donors (Lipinski definition) is 1. The van der Waals surface area contributed by atoms with Crippen molar-refractivity contribution in [3.8, 4) is 5.69 Å². The zero-order valence-electron chi connectivity index (χ0n) is 16.3. The molecule has 4 rings (SSSR count). The zero-order valence-corrected chi connectivity index (χ0v) is 17.0. The summed E-state index contributed by atoms with van der Waals surface area (Å²) >= 11 is 5.97. The van der Waals surface area contributed by atoms with Crippen LogP contribution in [0.5, 0.6) is 0 Å². The van der Waals surface area contributed by atoms with Crippen molar-refractivity contribution in [3.05, 3.63) is 59.4 Å². The van der Waals surface area contributed by atoms with Crippen LogP contribution in [0.3, 0.4) is 0 Å². The molecule has 0 spiro atoms. The maximum atomic E-state index is 5.97. The molecule has 148 valence electrons. The fourth-order valence-corrected chi connectivity index (χ4v) is 3.92. The van der Waals surface area contributed by atoms with E-state index in [1.165, 1.54) is 6.42 Å². The van der Waals surface area contributed by atoms with E-state index in [1.54, 1.807) is 0 Å². The van der Waals surface area contributed by atoms with Gasteiger partial charge in [-0.25, -0.2) is 9.67 Å². The van der Waals surface area contributed by atoms with Crippen LogP contribution in [0.15, 0.2) is 53.8 Å². The van der Waals surface area contributed by atoms with E-state index in [-0.39, 0.29) is 0 Å². The molecule has 28 heavy (non-hydrogen) atoms. The van der Waals surface area contributed by atoms with Gasteiger partial charge in [0.2, 0.25) is 0 Å². The van der Waals surface area contributed by atoms with Crippen molar-refractivity contribution >= 4 is 17.6 Å². The van der Waals surface area contributed by atoms with E-state index in [2.05, 4.69) is 39.3 Å². The highest BCUT2D eigenvalue weighted by Gasteiger charge is 2.29. The number of nitrogens with zero attached hydrogens (tertiary/aromatic N) is 5. The molecule has 0 bridgehead atoms. The minimum atomic E-state index is 0.613. The minimum Gasteiger partial charge on any atom is -0.357 e. The molecule has 1 N–H and O–H groups in total. The van der Waals surface area contributed by atoms with E-state index < -0.39 is 0 Å². The van der Waals surface area contributed by atoms with Gasteiger partial charge in [0, 0.05) is 55.5 Å². The Morgan fingerprint density at radius 1 is 1.25 bits per heavy atom. The molecule has 1 aromatic carbocycles. The van der Waals surface area contributed by atoms with Crippen molar-refractivity contribution in [3.63, 3.8) is 0 Å². The molecule has 1 aromatic heterocycles. The summed E-state index contributed by atoms with van der Waals surface area (Å²) in [5.41, 5.74) is 2.08. The summed E-state index contributed by atoms with van der Waals surface area (Å²) in [6.45, 7) is 7.85. The summed E-state index contributed by atoms with van der Waals surface area (Å²) in [5, 5.41) is 8.64. The van der Waals surface area contributed by atoms with Crippen LogP contribution in [-0.4, -0.2) is 64.3 Å². The molecule has 1 fully saturated rings. The molecule has 2 aromatic rings. The van der Waals surface area contributed by atoms with Gasteiger partial charge in [0.1, 0.15) is 0 Å². The number of hydrogen-bond acceptors (Lipinski definition) is 3. The summed E-state index contributed by atoms with van der Waals surface area (Å²) in [6, 6.07) is 8.29. The summed E-state index contributed by atoms with van der Waals surface area (Å²) in [7, 11) is 0. The molecule has 0 radical (unpaired) electrons. The lowest BCUT2D eigenvalue weighted by atomic mass is 10.2. The molecule has 2 aliphatic rings. The number of nitrogens with one attached hydrogen (secondary N) is 1. The average molecular weight is 399 g/mol. The number of aliphatic imine (C=N–C) groups is 1. The van der Waals surface area contributed by atoms with E-state index >= 15 is 0 Å². The Balaban J connectivity index is 1.40. The number of likely N-dealkylation sites (tertiary alicyclic amines) is 1. The Morgan fingerprint density at radius 2 is 2.04 bits per heavy atom. The smallest absolute Gasteiger partial charge is 0.194 e. The molecule has 1 unspecified atom stereocenters. The van der Waals surface area contributed by atoms with Crippen molar-refractivity contribution in [1.82, 2.24) is 24.9 Å². The standard InChI is InChI=1S/C21H27ClN6/c1-2-23-21(27-12-9-20(16-27)26-10-3-4-11-26)24-13-17-14-25-28(15-17)19-7-5-18(22)6-8-19/h3-8,14-15,20H,2,9-13,16H2,1H3,(H,23,24). The fourth-order valence-electron chi connectivity index (χ4n) is 3.79. The predicted molar refractivity (Wildman–Crippen MR) is 114 cm³/mol. The van der Waals surface area contributed by atoms with Crippen LogP contribution in [0.25, 0.3) is 5.69 Å². The quantitative estimate of drug-likeness (QED) is 0.478. The van der Waals surface area contributed by atoms with E-state index in [4.69, 9.17) is 16.6 Å². The minimum absolute atomic E-state index is 0.613. The maximum absolute atomic E-state index is 5.97. The van der Waals surface area contributed by atoms with E-state index in [0.29, 0.717) is 12.6 Å². The van der Waals surface area contributed by atoms with Gasteiger partial charge < -0.3 is 10.2 Å². The number of aromatic nitrogens is 2. The number of halogens is 1. The van der Waals surface area contributed by atoms with Crippen LogP contribution in [0.4, 0.5) is 0 Å². The van der Waals surface area contributed by atoms with Gasteiger partial charge in [-0.2, -0.15) is 5.10 Å². The SMILES string of the molecule is CCNC(=NCc1cnn(-c2ccc(Cl)cc2)c1)N1CCC(N2CC=CC2)C1. The third-order valence-electron chi connectivity index (χ3n) is 5.30. The molecule has 3 heterocycles. The van der Waals surface area contributed by atoms with Crippen LogP contribution in [0.2, 0.25) is 5.02 Å². The molecule has 1 atom stereocenters. The second-order valence-corrected chi connectivity index (χ2v) is 7.69. The van der Waals surface area contributed by atoms with Gasteiger partial charge in [-0.3, -0.25) is 4.90 Å². The summed E-state index contributed by atoms with van der Waals surface area (Å²) < 4.78 is 1.86. The van der Waals surface area contributed by atoms with Crippen LogP contribution in [0.1, 0.15) is 18.9 Å². The van der Waals surface area contributed by atoms with Crippen molar-refractivity contribution in [2.24, 2.45) is 4.99 Å². The van der Waals surface area contributed by atoms with Crippen LogP contribution in [0, 0.1) is 0 Å². The van der Waals surface area contributed by atoms with Crippen LogP contribution >= 0.6 is 11.6 Å². The molecule has 7 heteroatoms. The lowest BCUT2D eigenvalue weighted by molar-refractivity contribution is 0.259. The Labute approximate surface area is 171 Å². The average Bonchev–Trinajstić information content (AvgIpc) is 3.47. The van der Waals surface area contributed by atoms with Gasteiger partial charge in [-0.15, -0.1) is 0 Å². The molecule has 2 aliphatic heterocycles. The topological polar surface area (TPSA) is 48.7 Å². The Hall–Kier alpha value is -2.31. The van der Waals surface area contributed by atoms with Crippen LogP contribution < -0.4 is 5.32 Å². The Kier molecular flexibility index (Phi) is 5.98. The first-order valence-electron chi connectivity index (χ1n) is 9.94. The lowest BCUT2D eigenvalue weighted by Crippen LogP contribution is -2.42. The molecule has 6 nitrogen and oxygen atoms in total. The van der Waals surface area contributed by atoms with Crippen molar-refractivity contribution in [2.45, 2.75) is 25.9 Å². The normalized spacial score (nSPS) is 20.3.